The topological polar surface area (TPSA) is 45.7 Å². The van der Waals surface area contributed by atoms with Crippen LogP contribution in [-0.2, 0) is 0 Å². The van der Waals surface area contributed by atoms with Crippen molar-refractivity contribution in [2.45, 2.75) is 6.92 Å². The number of carbonyl (C=O) groups is 1. The average molecular weight is 444 g/mol. The summed E-state index contributed by atoms with van der Waals surface area (Å²) in [5.41, 5.74) is 1.23. The van der Waals surface area contributed by atoms with Crippen molar-refractivity contribution in [3.8, 4) is 5.75 Å². The molecular weight excluding hydrogens is 425 g/mol. The maximum atomic E-state index is 13.2. The Balaban J connectivity index is 1.98. The number of hydrogen-bond acceptors (Lipinski definition) is 6. The Kier molecular flexibility index (Phi) is 6.60. The van der Waals surface area contributed by atoms with Gasteiger partial charge in [-0.2, -0.15) is 0 Å². The average Bonchev–Trinajstić information content (AvgIpc) is 3.17. The van der Waals surface area contributed by atoms with E-state index in [2.05, 4.69) is 4.98 Å². The van der Waals surface area contributed by atoms with Gasteiger partial charge in [-0.15, -0.1) is 11.3 Å². The van der Waals surface area contributed by atoms with E-state index in [1.165, 1.54) is 22.7 Å². The first-order chi connectivity index (χ1) is 12.9. The molecule has 1 amide bonds. The van der Waals surface area contributed by atoms with Crippen molar-refractivity contribution in [3.63, 3.8) is 0 Å². The molecule has 2 aromatic heterocycles. The van der Waals surface area contributed by atoms with E-state index in [-0.39, 0.29) is 5.91 Å². The van der Waals surface area contributed by atoms with Crippen LogP contribution >= 0.6 is 45.9 Å². The van der Waals surface area contributed by atoms with Gasteiger partial charge < -0.3 is 9.64 Å². The molecule has 0 aliphatic rings. The summed E-state index contributed by atoms with van der Waals surface area (Å²) < 4.78 is 7.40. The molecule has 0 radical (unpaired) electrons. The van der Waals surface area contributed by atoms with Crippen LogP contribution in [0.1, 0.15) is 17.3 Å². The highest BCUT2D eigenvalue weighted by molar-refractivity contribution is 7.22. The number of benzene rings is 1. The van der Waals surface area contributed by atoms with E-state index in [0.29, 0.717) is 39.1 Å². The summed E-state index contributed by atoms with van der Waals surface area (Å²) in [7, 11) is 3.92. The van der Waals surface area contributed by atoms with E-state index in [1.807, 2.05) is 44.1 Å². The third-order valence-electron chi connectivity index (χ3n) is 3.79. The van der Waals surface area contributed by atoms with Crippen LogP contribution in [0.3, 0.4) is 0 Å². The summed E-state index contributed by atoms with van der Waals surface area (Å²) in [6, 6.07) is 7.35. The number of thiophene rings is 1. The van der Waals surface area contributed by atoms with Crippen LogP contribution in [0.4, 0.5) is 5.13 Å². The van der Waals surface area contributed by atoms with Gasteiger partial charge in [-0.3, -0.25) is 9.69 Å². The van der Waals surface area contributed by atoms with Gasteiger partial charge in [0, 0.05) is 13.1 Å². The third kappa shape index (κ3) is 4.73. The summed E-state index contributed by atoms with van der Waals surface area (Å²) in [6.45, 7) is 3.73. The first-order valence-electron chi connectivity index (χ1n) is 8.34. The number of anilines is 1. The fourth-order valence-corrected chi connectivity index (χ4v) is 4.95. The Morgan fingerprint density at radius 3 is 2.59 bits per heavy atom. The molecule has 0 aliphatic heterocycles. The number of hydrogen-bond donors (Lipinski definition) is 0. The number of aromatic nitrogens is 1. The predicted molar refractivity (Wildman–Crippen MR) is 115 cm³/mol. The van der Waals surface area contributed by atoms with Crippen LogP contribution in [-0.4, -0.2) is 49.6 Å². The minimum absolute atomic E-state index is 0.200. The highest BCUT2D eigenvalue weighted by atomic mass is 35.5. The summed E-state index contributed by atoms with van der Waals surface area (Å²) in [4.78, 5) is 21.5. The molecule has 0 spiro atoms. The van der Waals surface area contributed by atoms with Crippen molar-refractivity contribution in [2.75, 3.05) is 38.7 Å². The molecule has 0 unspecified atom stereocenters. The zero-order valence-corrected chi connectivity index (χ0v) is 18.3. The highest BCUT2D eigenvalue weighted by Crippen LogP contribution is 2.35. The van der Waals surface area contributed by atoms with E-state index < -0.39 is 0 Å². The summed E-state index contributed by atoms with van der Waals surface area (Å²) >= 11 is 14.9. The molecule has 0 saturated carbocycles. The van der Waals surface area contributed by atoms with Crippen LogP contribution in [0.5, 0.6) is 5.75 Å². The molecule has 1 aromatic carbocycles. The molecule has 2 heterocycles. The normalized spacial score (nSPS) is 11.3. The van der Waals surface area contributed by atoms with Gasteiger partial charge in [-0.25, -0.2) is 4.98 Å². The predicted octanol–water partition coefficient (Wildman–Crippen LogP) is 5.27. The number of ether oxygens (including phenoxy) is 1. The van der Waals surface area contributed by atoms with E-state index in [0.717, 1.165) is 16.0 Å². The molecule has 9 heteroatoms. The van der Waals surface area contributed by atoms with E-state index in [9.17, 15) is 4.79 Å². The Morgan fingerprint density at radius 2 is 1.96 bits per heavy atom. The SMILES string of the molecule is CCOc1ccc2nc(N(CCN(C)C)C(=O)c3cc(Cl)sc3Cl)sc2c1. The van der Waals surface area contributed by atoms with Gasteiger partial charge >= 0.3 is 0 Å². The second kappa shape index (κ2) is 8.75. The van der Waals surface area contributed by atoms with Crippen LogP contribution in [0.2, 0.25) is 8.67 Å². The lowest BCUT2D eigenvalue weighted by Gasteiger charge is -2.21. The second-order valence-corrected chi connectivity index (χ2v) is 9.35. The number of fused-ring (bicyclic) bond motifs is 1. The van der Waals surface area contributed by atoms with Crippen molar-refractivity contribution in [1.29, 1.82) is 0 Å². The molecule has 0 atom stereocenters. The van der Waals surface area contributed by atoms with Gasteiger partial charge in [0.1, 0.15) is 10.1 Å². The molecule has 27 heavy (non-hydrogen) atoms. The van der Waals surface area contributed by atoms with Crippen molar-refractivity contribution in [3.05, 3.63) is 38.5 Å². The Hall–Kier alpha value is -1.38. The zero-order valence-electron chi connectivity index (χ0n) is 15.2. The Bertz CT molecular complexity index is 955. The van der Waals surface area contributed by atoms with Crippen LogP contribution < -0.4 is 9.64 Å². The van der Waals surface area contributed by atoms with Gasteiger partial charge in [0.05, 0.1) is 26.7 Å². The van der Waals surface area contributed by atoms with Gasteiger partial charge in [0.15, 0.2) is 5.13 Å². The molecule has 3 rings (SSSR count). The standard InChI is InChI=1S/C18H19Cl2N3O2S2/c1-4-25-11-5-6-13-14(9-11)26-18(21-13)23(8-7-22(2)3)17(24)12-10-15(19)27-16(12)20/h5-6,9-10H,4,7-8H2,1-3H3. The largest absolute Gasteiger partial charge is 0.494 e. The number of amides is 1. The fraction of sp³-hybridized carbons (Fsp3) is 0.333. The lowest BCUT2D eigenvalue weighted by Crippen LogP contribution is -2.36. The van der Waals surface area contributed by atoms with E-state index >= 15 is 0 Å². The molecule has 3 aromatic rings. The minimum Gasteiger partial charge on any atom is -0.494 e. The number of likely N-dealkylation sites (N-methyl/N-ethyl adjacent to an activating group) is 1. The number of carbonyl (C=O) groups excluding carboxylic acids is 1. The molecule has 0 aliphatic carbocycles. The Labute approximate surface area is 176 Å². The summed E-state index contributed by atoms with van der Waals surface area (Å²) in [5.74, 6) is 0.591. The number of rotatable bonds is 7. The molecule has 0 bridgehead atoms. The monoisotopic (exact) mass is 443 g/mol. The molecule has 144 valence electrons. The van der Waals surface area contributed by atoms with Gasteiger partial charge in [-0.1, -0.05) is 34.5 Å². The maximum Gasteiger partial charge on any atom is 0.262 e. The van der Waals surface area contributed by atoms with Gasteiger partial charge in [0.25, 0.3) is 5.91 Å². The summed E-state index contributed by atoms with van der Waals surface area (Å²) in [6.07, 6.45) is 0. The van der Waals surface area contributed by atoms with Gasteiger partial charge in [0.2, 0.25) is 0 Å². The molecular formula is C18H19Cl2N3O2S2. The number of thiazole rings is 1. The molecule has 0 saturated heterocycles. The quantitative estimate of drug-likeness (QED) is 0.498. The first-order valence-corrected chi connectivity index (χ1v) is 10.7. The van der Waals surface area contributed by atoms with Crippen LogP contribution in [0, 0.1) is 0 Å². The lowest BCUT2D eigenvalue weighted by molar-refractivity contribution is 0.0986. The molecule has 0 N–H and O–H groups in total. The lowest BCUT2D eigenvalue weighted by atomic mass is 10.3. The fourth-order valence-electron chi connectivity index (χ4n) is 2.48. The third-order valence-corrected chi connectivity index (χ3v) is 6.32. The first kappa shape index (κ1) is 20.4. The van der Waals surface area contributed by atoms with Crippen LogP contribution in [0.15, 0.2) is 24.3 Å². The zero-order chi connectivity index (χ0) is 19.6. The number of halogens is 2. The van der Waals surface area contributed by atoms with Crippen molar-refractivity contribution < 1.29 is 9.53 Å². The van der Waals surface area contributed by atoms with E-state index in [4.69, 9.17) is 27.9 Å². The molecule has 5 nitrogen and oxygen atoms in total. The van der Waals surface area contributed by atoms with Crippen LogP contribution in [0.25, 0.3) is 10.2 Å². The maximum absolute atomic E-state index is 13.2. The Morgan fingerprint density at radius 1 is 1.19 bits per heavy atom. The van der Waals surface area contributed by atoms with Gasteiger partial charge in [-0.05, 0) is 45.3 Å². The second-order valence-electron chi connectivity index (χ2n) is 6.06. The smallest absolute Gasteiger partial charge is 0.262 e. The van der Waals surface area contributed by atoms with Crippen molar-refractivity contribution in [1.82, 2.24) is 9.88 Å². The van der Waals surface area contributed by atoms with E-state index in [1.54, 1.807) is 11.0 Å². The van der Waals surface area contributed by atoms with Crippen molar-refractivity contribution in [2.24, 2.45) is 0 Å². The number of nitrogens with zero attached hydrogens (tertiary/aromatic N) is 3. The molecule has 0 fully saturated rings. The summed E-state index contributed by atoms with van der Waals surface area (Å²) in [5, 5.41) is 0.629. The highest BCUT2D eigenvalue weighted by Gasteiger charge is 2.25. The van der Waals surface area contributed by atoms with Crippen molar-refractivity contribution >= 4 is 67.1 Å². The minimum atomic E-state index is -0.200.